The van der Waals surface area contributed by atoms with Gasteiger partial charge in [-0.2, -0.15) is 5.26 Å². The fourth-order valence-corrected chi connectivity index (χ4v) is 7.00. The van der Waals surface area contributed by atoms with Crippen molar-refractivity contribution in [3.8, 4) is 6.07 Å². The van der Waals surface area contributed by atoms with E-state index in [-0.39, 0.29) is 23.7 Å². The SMILES string of the molecule is CC(C)(C)OC(=O)NC1C2CC3CC1CC(CNC1NC(=NCc4ccccc4)NC=C1C#N)(C3)C2. The van der Waals surface area contributed by atoms with Gasteiger partial charge < -0.3 is 20.7 Å². The second-order valence-corrected chi connectivity index (χ2v) is 12.1. The number of carbonyl (C=O) groups is 1. The summed E-state index contributed by atoms with van der Waals surface area (Å²) in [4.78, 5) is 17.2. The van der Waals surface area contributed by atoms with Crippen LogP contribution in [0.5, 0.6) is 0 Å². The van der Waals surface area contributed by atoms with Crippen molar-refractivity contribution in [3.63, 3.8) is 0 Å². The summed E-state index contributed by atoms with van der Waals surface area (Å²) < 4.78 is 5.55. The Balaban J connectivity index is 1.21. The lowest BCUT2D eigenvalue weighted by Crippen LogP contribution is -2.63. The number of hydrogen-bond donors (Lipinski definition) is 4. The second kappa shape index (κ2) is 9.78. The zero-order chi connectivity index (χ0) is 25.3. The molecule has 1 heterocycles. The number of ether oxygens (including phenoxy) is 1. The first-order valence-corrected chi connectivity index (χ1v) is 13.2. The second-order valence-electron chi connectivity index (χ2n) is 12.1. The van der Waals surface area contributed by atoms with Crippen LogP contribution in [-0.2, 0) is 11.3 Å². The third-order valence-corrected chi connectivity index (χ3v) is 8.11. The number of hydrogen-bond acceptors (Lipinski definition) is 5. The van der Waals surface area contributed by atoms with Crippen LogP contribution in [0.15, 0.2) is 47.1 Å². The topological polar surface area (TPSA) is 111 Å². The van der Waals surface area contributed by atoms with Gasteiger partial charge in [0.15, 0.2) is 5.96 Å². The molecule has 1 aromatic rings. The molecule has 4 N–H and O–H groups in total. The lowest BCUT2D eigenvalue weighted by Gasteiger charge is -2.60. The van der Waals surface area contributed by atoms with Crippen LogP contribution in [0.4, 0.5) is 4.79 Å². The van der Waals surface area contributed by atoms with E-state index in [1.165, 1.54) is 19.3 Å². The van der Waals surface area contributed by atoms with Crippen LogP contribution in [-0.4, -0.2) is 36.4 Å². The maximum absolute atomic E-state index is 12.5. The highest BCUT2D eigenvalue weighted by Gasteiger charge is 2.55. The maximum Gasteiger partial charge on any atom is 0.407 e. The van der Waals surface area contributed by atoms with Crippen molar-refractivity contribution < 1.29 is 9.53 Å². The normalized spacial score (nSPS) is 33.8. The molecule has 6 rings (SSSR count). The van der Waals surface area contributed by atoms with Gasteiger partial charge in [0.2, 0.25) is 0 Å². The Kier molecular flexibility index (Phi) is 6.69. The molecule has 4 aliphatic carbocycles. The summed E-state index contributed by atoms with van der Waals surface area (Å²) in [5.41, 5.74) is 1.48. The van der Waals surface area contributed by atoms with Crippen LogP contribution in [0.1, 0.15) is 58.4 Å². The summed E-state index contributed by atoms with van der Waals surface area (Å²) >= 11 is 0. The number of guanidine groups is 1. The van der Waals surface area contributed by atoms with Crippen LogP contribution in [0.3, 0.4) is 0 Å². The maximum atomic E-state index is 12.5. The smallest absolute Gasteiger partial charge is 0.407 e. The zero-order valence-corrected chi connectivity index (χ0v) is 21.5. The summed E-state index contributed by atoms with van der Waals surface area (Å²) in [6, 6.07) is 12.6. The average Bonchev–Trinajstić information content (AvgIpc) is 2.83. The minimum Gasteiger partial charge on any atom is -0.444 e. The van der Waals surface area contributed by atoms with Gasteiger partial charge in [-0.3, -0.25) is 5.32 Å². The van der Waals surface area contributed by atoms with Crippen LogP contribution in [0.2, 0.25) is 0 Å². The Labute approximate surface area is 214 Å². The van der Waals surface area contributed by atoms with Crippen molar-refractivity contribution >= 4 is 12.1 Å². The fourth-order valence-electron chi connectivity index (χ4n) is 7.00. The molecule has 0 radical (unpaired) electrons. The first-order chi connectivity index (χ1) is 17.2. The summed E-state index contributed by atoms with van der Waals surface area (Å²) in [5.74, 6) is 2.36. The van der Waals surface area contributed by atoms with Crippen molar-refractivity contribution in [2.45, 2.75) is 77.2 Å². The number of nitrogens with one attached hydrogen (secondary N) is 4. The lowest BCUT2D eigenvalue weighted by molar-refractivity contribution is -0.0765. The number of amides is 1. The summed E-state index contributed by atoms with van der Waals surface area (Å²) in [6.45, 7) is 7.13. The molecule has 3 atom stereocenters. The number of nitriles is 1. The van der Waals surface area contributed by atoms with Crippen molar-refractivity contribution in [2.75, 3.05) is 6.54 Å². The average molecular weight is 491 g/mol. The minimum atomic E-state index is -0.488. The van der Waals surface area contributed by atoms with Crippen LogP contribution in [0.25, 0.3) is 0 Å². The largest absolute Gasteiger partial charge is 0.444 e. The molecule has 0 saturated heterocycles. The number of alkyl carbamates (subject to hydrolysis) is 1. The monoisotopic (exact) mass is 490 g/mol. The van der Waals surface area contributed by atoms with Crippen LogP contribution in [0, 0.1) is 34.5 Å². The Morgan fingerprint density at radius 1 is 1.19 bits per heavy atom. The molecule has 1 amide bonds. The first kappa shape index (κ1) is 24.6. The van der Waals surface area contributed by atoms with Crippen molar-refractivity contribution in [1.29, 1.82) is 5.26 Å². The molecule has 8 nitrogen and oxygen atoms in total. The molecule has 0 aromatic heterocycles. The Morgan fingerprint density at radius 2 is 1.92 bits per heavy atom. The number of rotatable bonds is 6. The van der Waals surface area contributed by atoms with E-state index in [2.05, 4.69) is 44.5 Å². The van der Waals surface area contributed by atoms with Crippen molar-refractivity contribution in [1.82, 2.24) is 21.3 Å². The zero-order valence-electron chi connectivity index (χ0n) is 21.5. The standard InChI is InChI=1S/C28H38N6O2/c1-27(2,3)36-26(35)33-23-20-9-19-10-21(23)13-28(11-19,12-20)17-32-24-22(14-29)16-31-25(34-24)30-15-18-7-5-4-6-8-18/h4-8,16,19-21,23-24,32H,9-13,15,17H2,1-3H3,(H,33,35)(H2,30,31,34). The molecule has 4 saturated carbocycles. The quantitative estimate of drug-likeness (QED) is 0.483. The Hall–Kier alpha value is -3.05. The van der Waals surface area contributed by atoms with E-state index >= 15 is 0 Å². The number of carbonyl (C=O) groups excluding carboxylic acids is 1. The van der Waals surface area contributed by atoms with Gasteiger partial charge in [0.05, 0.1) is 18.2 Å². The summed E-state index contributed by atoms with van der Waals surface area (Å²) in [5, 5.41) is 23.1. The molecule has 8 heteroatoms. The van der Waals surface area contributed by atoms with Gasteiger partial charge >= 0.3 is 6.09 Å². The van der Waals surface area contributed by atoms with Gasteiger partial charge in [0, 0.05) is 18.8 Å². The molecule has 3 unspecified atom stereocenters. The lowest BCUT2D eigenvalue weighted by atomic mass is 9.48. The highest BCUT2D eigenvalue weighted by Crippen LogP contribution is 2.59. The number of nitrogens with zero attached hydrogens (tertiary/aromatic N) is 2. The van der Waals surface area contributed by atoms with Gasteiger partial charge in [0.25, 0.3) is 0 Å². The molecule has 36 heavy (non-hydrogen) atoms. The molecule has 1 aliphatic heterocycles. The summed E-state index contributed by atoms with van der Waals surface area (Å²) in [7, 11) is 0. The fraction of sp³-hybridized carbons (Fsp3) is 0.607. The molecule has 5 aliphatic rings. The molecular formula is C28H38N6O2. The Bertz CT molecular complexity index is 1050. The Morgan fingerprint density at radius 3 is 2.58 bits per heavy atom. The predicted octanol–water partition coefficient (Wildman–Crippen LogP) is 3.78. The van der Waals surface area contributed by atoms with Crippen molar-refractivity contribution in [3.05, 3.63) is 47.7 Å². The molecule has 4 bridgehead atoms. The number of benzene rings is 1. The number of aliphatic imine (C=N–C) groups is 1. The van der Waals surface area contributed by atoms with E-state index in [1.54, 1.807) is 6.20 Å². The molecular weight excluding hydrogens is 452 g/mol. The molecule has 0 spiro atoms. The highest BCUT2D eigenvalue weighted by atomic mass is 16.6. The first-order valence-electron chi connectivity index (χ1n) is 13.2. The van der Waals surface area contributed by atoms with Gasteiger partial charge in [-0.25, -0.2) is 9.79 Å². The third-order valence-electron chi connectivity index (χ3n) is 8.11. The minimum absolute atomic E-state index is 0.202. The van der Waals surface area contributed by atoms with Gasteiger partial charge in [0.1, 0.15) is 11.8 Å². The van der Waals surface area contributed by atoms with E-state index in [4.69, 9.17) is 4.74 Å². The summed E-state index contributed by atoms with van der Waals surface area (Å²) in [6.07, 6.45) is 6.97. The van der Waals surface area contributed by atoms with Gasteiger partial charge in [-0.15, -0.1) is 0 Å². The predicted molar refractivity (Wildman–Crippen MR) is 138 cm³/mol. The van der Waals surface area contributed by atoms with E-state index in [0.29, 0.717) is 29.9 Å². The van der Waals surface area contributed by atoms with Gasteiger partial charge in [-0.05, 0) is 81.6 Å². The molecule has 192 valence electrons. The van der Waals surface area contributed by atoms with E-state index < -0.39 is 5.60 Å². The van der Waals surface area contributed by atoms with E-state index in [9.17, 15) is 10.1 Å². The van der Waals surface area contributed by atoms with E-state index in [0.717, 1.165) is 30.9 Å². The van der Waals surface area contributed by atoms with E-state index in [1.807, 2.05) is 39.0 Å². The van der Waals surface area contributed by atoms with Gasteiger partial charge in [-0.1, -0.05) is 30.3 Å². The van der Waals surface area contributed by atoms with Crippen LogP contribution >= 0.6 is 0 Å². The highest BCUT2D eigenvalue weighted by molar-refractivity contribution is 5.83. The third kappa shape index (κ3) is 5.52. The molecule has 4 fully saturated rings. The van der Waals surface area contributed by atoms with Crippen LogP contribution < -0.4 is 21.3 Å². The molecule has 1 aromatic carbocycles. The van der Waals surface area contributed by atoms with Crippen molar-refractivity contribution in [2.24, 2.45) is 28.2 Å².